The summed E-state index contributed by atoms with van der Waals surface area (Å²) in [7, 11) is 2.16. The number of hydrogen-bond acceptors (Lipinski definition) is 10. The van der Waals surface area contributed by atoms with Gasteiger partial charge in [0.2, 0.25) is 5.95 Å². The van der Waals surface area contributed by atoms with Gasteiger partial charge in [-0.25, -0.2) is 9.97 Å². The number of benzene rings is 6. The first-order chi connectivity index (χ1) is 32.0. The first-order valence-electron chi connectivity index (χ1n) is 21.4. The van der Waals surface area contributed by atoms with Crippen LogP contribution in [-0.2, 0) is 6.54 Å². The molecule has 1 aliphatic rings. The van der Waals surface area contributed by atoms with Gasteiger partial charge < -0.3 is 15.2 Å². The molecule has 65 heavy (non-hydrogen) atoms. The van der Waals surface area contributed by atoms with Crippen LogP contribution in [0.5, 0.6) is 0 Å². The largest absolute Gasteiger partial charge is 0.331 e. The van der Waals surface area contributed by atoms with E-state index in [0.717, 1.165) is 82.1 Å². The Hall–Kier alpha value is -8.26. The lowest BCUT2D eigenvalue weighted by Gasteiger charge is -2.32. The van der Waals surface area contributed by atoms with Crippen LogP contribution in [0.1, 0.15) is 26.3 Å². The average molecular weight is 854 g/mol. The normalized spacial score (nSPS) is 13.1. The maximum atomic E-state index is 13.3. The van der Waals surface area contributed by atoms with E-state index in [4.69, 9.17) is 0 Å². The molecule has 1 aliphatic heterocycles. The molecule has 5 heterocycles. The molecular weight excluding hydrogens is 811 g/mol. The highest BCUT2D eigenvalue weighted by molar-refractivity contribution is 6.15. The van der Waals surface area contributed by atoms with E-state index in [0.29, 0.717) is 45.0 Å². The second-order valence-corrected chi connectivity index (χ2v) is 15.9. The number of H-pyrrole nitrogens is 1. The first kappa shape index (κ1) is 40.8. The van der Waals surface area contributed by atoms with Crippen LogP contribution in [-0.4, -0.2) is 89.7 Å². The van der Waals surface area contributed by atoms with Crippen LogP contribution >= 0.6 is 0 Å². The van der Waals surface area contributed by atoms with Crippen molar-refractivity contribution in [2.24, 2.45) is 0 Å². The van der Waals surface area contributed by atoms with Crippen LogP contribution in [0.25, 0.3) is 65.9 Å². The lowest BCUT2D eigenvalue weighted by atomic mass is 9.95. The molecule has 2 amide bonds. The summed E-state index contributed by atoms with van der Waals surface area (Å²) in [6.07, 6.45) is 11.6. The van der Waals surface area contributed by atoms with Crippen LogP contribution < -0.4 is 10.6 Å². The molecule has 11 rings (SSSR count). The van der Waals surface area contributed by atoms with E-state index in [-0.39, 0.29) is 11.8 Å². The Morgan fingerprint density at radius 1 is 0.523 bits per heavy atom. The van der Waals surface area contributed by atoms with Crippen molar-refractivity contribution >= 4 is 67.2 Å². The number of carbonyl (C=O) groups is 2. The van der Waals surface area contributed by atoms with Gasteiger partial charge in [0.05, 0.1) is 22.2 Å². The molecule has 0 aliphatic carbocycles. The quantitative estimate of drug-likeness (QED) is 0.135. The number of aromatic nitrogens is 7. The van der Waals surface area contributed by atoms with E-state index >= 15 is 0 Å². The van der Waals surface area contributed by atoms with Gasteiger partial charge in [-0.05, 0) is 63.5 Å². The van der Waals surface area contributed by atoms with Crippen molar-refractivity contribution in [2.45, 2.75) is 6.54 Å². The molecule has 0 bridgehead atoms. The maximum Gasteiger partial charge on any atom is 0.260 e. The van der Waals surface area contributed by atoms with E-state index in [1.54, 1.807) is 43.2 Å². The molecule has 1 saturated heterocycles. The molecular formula is C52H43N11O2. The number of nitrogens with zero attached hydrogens (tertiary/aromatic N) is 8. The minimum atomic E-state index is -0.287. The number of aromatic amines is 1. The summed E-state index contributed by atoms with van der Waals surface area (Å²) in [4.78, 5) is 60.4. The number of imidazole rings is 1. The third-order valence-corrected chi connectivity index (χ3v) is 11.7. The summed E-state index contributed by atoms with van der Waals surface area (Å²) in [6.45, 7) is 5.13. The monoisotopic (exact) mass is 853 g/mol. The van der Waals surface area contributed by atoms with Gasteiger partial charge in [0.25, 0.3) is 11.8 Å². The molecule has 6 aromatic carbocycles. The predicted molar refractivity (Wildman–Crippen MR) is 256 cm³/mol. The predicted octanol–water partition coefficient (Wildman–Crippen LogP) is 9.27. The van der Waals surface area contributed by atoms with E-state index in [9.17, 15) is 9.59 Å². The molecule has 0 saturated carbocycles. The SMILES string of the molecule is CN1CCN(Cc2ccc(NC(=O)c3ccc(-c4cccc5ccccc45)c4nccnc34)nc2)CC1.O=C(Nc1ncc[nH]1)c1ccc(-c2cccc3ccccc23)c2nccnc12. The van der Waals surface area contributed by atoms with Gasteiger partial charge in [-0.3, -0.25) is 39.7 Å². The zero-order valence-electron chi connectivity index (χ0n) is 35.5. The van der Waals surface area contributed by atoms with Crippen LogP contribution in [0, 0.1) is 0 Å². The minimum Gasteiger partial charge on any atom is -0.331 e. The van der Waals surface area contributed by atoms with Crippen molar-refractivity contribution in [1.29, 1.82) is 0 Å². The topological polar surface area (TPSA) is 158 Å². The molecule has 3 N–H and O–H groups in total. The molecule has 13 nitrogen and oxygen atoms in total. The number of rotatable bonds is 8. The van der Waals surface area contributed by atoms with Crippen molar-refractivity contribution in [3.05, 3.63) is 181 Å². The van der Waals surface area contributed by atoms with Gasteiger partial charge in [0.1, 0.15) is 16.9 Å². The molecule has 4 aromatic heterocycles. The number of likely N-dealkylation sites (N-methyl/N-ethyl adjacent to an activating group) is 1. The summed E-state index contributed by atoms with van der Waals surface area (Å²) in [6, 6.07) is 40.2. The van der Waals surface area contributed by atoms with E-state index in [1.165, 1.54) is 0 Å². The Morgan fingerprint density at radius 3 is 1.60 bits per heavy atom. The molecule has 0 atom stereocenters. The second kappa shape index (κ2) is 18.2. The van der Waals surface area contributed by atoms with E-state index < -0.39 is 0 Å². The third-order valence-electron chi connectivity index (χ3n) is 11.7. The van der Waals surface area contributed by atoms with Crippen molar-refractivity contribution in [3.63, 3.8) is 0 Å². The lowest BCUT2D eigenvalue weighted by molar-refractivity contribution is 0.101. The summed E-state index contributed by atoms with van der Waals surface area (Å²) >= 11 is 0. The number of pyridine rings is 1. The molecule has 13 heteroatoms. The molecule has 0 radical (unpaired) electrons. The summed E-state index contributed by atoms with van der Waals surface area (Å²) in [5.41, 5.74) is 8.56. The average Bonchev–Trinajstić information content (AvgIpc) is 3.87. The highest BCUT2D eigenvalue weighted by Gasteiger charge is 2.20. The third kappa shape index (κ3) is 8.61. The van der Waals surface area contributed by atoms with Gasteiger partial charge in [-0.15, -0.1) is 0 Å². The molecule has 0 unspecified atom stereocenters. The highest BCUT2D eigenvalue weighted by Crippen LogP contribution is 2.35. The smallest absolute Gasteiger partial charge is 0.260 e. The van der Waals surface area contributed by atoms with Gasteiger partial charge in [0.15, 0.2) is 0 Å². The number of hydrogen-bond donors (Lipinski definition) is 3. The number of carbonyl (C=O) groups excluding carboxylic acids is 2. The summed E-state index contributed by atoms with van der Waals surface area (Å²) in [5, 5.41) is 10.3. The van der Waals surface area contributed by atoms with Gasteiger partial charge >= 0.3 is 0 Å². The Labute approximate surface area is 374 Å². The van der Waals surface area contributed by atoms with E-state index in [1.807, 2.05) is 72.9 Å². The summed E-state index contributed by atoms with van der Waals surface area (Å²) < 4.78 is 0. The fourth-order valence-corrected chi connectivity index (χ4v) is 8.38. The van der Waals surface area contributed by atoms with Crippen molar-refractivity contribution in [2.75, 3.05) is 43.9 Å². The Kier molecular flexibility index (Phi) is 11.4. The zero-order valence-corrected chi connectivity index (χ0v) is 35.5. The minimum absolute atomic E-state index is 0.255. The molecule has 318 valence electrons. The highest BCUT2D eigenvalue weighted by atomic mass is 16.2. The maximum absolute atomic E-state index is 13.3. The van der Waals surface area contributed by atoms with Crippen LogP contribution in [0.15, 0.2) is 165 Å². The van der Waals surface area contributed by atoms with Gasteiger partial charge in [-0.2, -0.15) is 0 Å². The Bertz CT molecular complexity index is 3320. The molecule has 1 fully saturated rings. The van der Waals surface area contributed by atoms with Crippen molar-refractivity contribution in [1.82, 2.24) is 44.7 Å². The summed E-state index contributed by atoms with van der Waals surface area (Å²) in [5.74, 6) is 0.363. The lowest BCUT2D eigenvalue weighted by Crippen LogP contribution is -2.43. The zero-order chi connectivity index (χ0) is 44.1. The second-order valence-electron chi connectivity index (χ2n) is 15.9. The van der Waals surface area contributed by atoms with Gasteiger partial charge in [-0.1, -0.05) is 103 Å². The fourth-order valence-electron chi connectivity index (χ4n) is 8.38. The van der Waals surface area contributed by atoms with Gasteiger partial charge in [0, 0.05) is 87.2 Å². The number of piperazine rings is 1. The number of amides is 2. The standard InChI is InChI=1S/C30H28N6O.C22H15N5O/c1-35-15-17-36(18-16-35)20-21-9-12-27(33-19-21)34-30(37)26-11-10-25(28-29(26)32-14-13-31-28)24-8-4-6-22-5-2-3-7-23(22)24;28-21(27-22-25-12-13-26-22)18-9-8-17(19-20(18)24-11-10-23-19)16-7-3-5-14-4-1-2-6-15(14)16/h2-14,19H,15-18,20H2,1H3,(H,33,34,37);1-13H,(H2,25,26,27,28). The number of anilines is 2. The Morgan fingerprint density at radius 2 is 1.06 bits per heavy atom. The van der Waals surface area contributed by atoms with Crippen LogP contribution in [0.3, 0.4) is 0 Å². The number of fused-ring (bicyclic) bond motifs is 4. The first-order valence-corrected chi connectivity index (χ1v) is 21.4. The number of nitrogens with one attached hydrogen (secondary N) is 3. The fraction of sp³-hybridized carbons (Fsp3) is 0.115. The van der Waals surface area contributed by atoms with Crippen LogP contribution in [0.2, 0.25) is 0 Å². The molecule has 10 aromatic rings. The Balaban J connectivity index is 0.000000159. The molecule has 0 spiro atoms. The van der Waals surface area contributed by atoms with Crippen LogP contribution in [0.4, 0.5) is 11.8 Å². The van der Waals surface area contributed by atoms with E-state index in [2.05, 4.69) is 111 Å². The van der Waals surface area contributed by atoms with Crippen molar-refractivity contribution < 1.29 is 9.59 Å². The van der Waals surface area contributed by atoms with Crippen molar-refractivity contribution in [3.8, 4) is 22.3 Å².